The van der Waals surface area contributed by atoms with E-state index in [0.29, 0.717) is 24.8 Å². The second kappa shape index (κ2) is 8.98. The van der Waals surface area contributed by atoms with Gasteiger partial charge in [-0.25, -0.2) is 4.85 Å². The van der Waals surface area contributed by atoms with E-state index in [1.165, 1.54) is 33.0 Å². The molecule has 5 heteroatoms. The minimum Gasteiger partial charge on any atom is -0.390 e. The molecular formula is C30H30N4O. The van der Waals surface area contributed by atoms with Crippen molar-refractivity contribution in [2.45, 2.75) is 31.5 Å². The highest BCUT2D eigenvalue weighted by Crippen LogP contribution is 2.42. The van der Waals surface area contributed by atoms with Crippen LogP contribution >= 0.6 is 0 Å². The number of hydrogen-bond donors (Lipinski definition) is 2. The van der Waals surface area contributed by atoms with Crippen molar-refractivity contribution in [3.05, 3.63) is 95.0 Å². The molecule has 3 aromatic carbocycles. The lowest BCUT2D eigenvalue weighted by molar-refractivity contribution is 0.155. The van der Waals surface area contributed by atoms with E-state index in [2.05, 4.69) is 68.3 Å². The van der Waals surface area contributed by atoms with Crippen LogP contribution in [0.2, 0.25) is 0 Å². The Morgan fingerprint density at radius 3 is 2.80 bits per heavy atom. The van der Waals surface area contributed by atoms with Crippen LogP contribution in [-0.4, -0.2) is 47.4 Å². The Hall–Kier alpha value is -3.43. The Morgan fingerprint density at radius 2 is 2.03 bits per heavy atom. The SMILES string of the molecule is [C-]#[N+]c1ccc2c(c1)c(C1=CCN([C@@H]3Cc4cccc5cccc3c45)CC1)cn2CC(O)CNC. The summed E-state index contributed by atoms with van der Waals surface area (Å²) in [6, 6.07) is 19.7. The molecule has 5 nitrogen and oxygen atoms in total. The molecule has 2 aliphatic rings. The average molecular weight is 463 g/mol. The van der Waals surface area contributed by atoms with Gasteiger partial charge in [0.15, 0.2) is 5.69 Å². The van der Waals surface area contributed by atoms with Crippen molar-refractivity contribution in [1.29, 1.82) is 0 Å². The fraction of sp³-hybridized carbons (Fsp3) is 0.300. The lowest BCUT2D eigenvalue weighted by atomic mass is 9.96. The van der Waals surface area contributed by atoms with Gasteiger partial charge in [0.2, 0.25) is 0 Å². The number of likely N-dealkylation sites (N-methyl/N-ethyl adjacent to an activating group) is 1. The Bertz CT molecular complexity index is 1490. The van der Waals surface area contributed by atoms with Crippen LogP contribution in [0.5, 0.6) is 0 Å². The summed E-state index contributed by atoms with van der Waals surface area (Å²) in [5.74, 6) is 0. The molecular weight excluding hydrogens is 432 g/mol. The lowest BCUT2D eigenvalue weighted by Gasteiger charge is -2.32. The van der Waals surface area contributed by atoms with Crippen molar-refractivity contribution < 1.29 is 5.11 Å². The number of nitrogens with one attached hydrogen (secondary N) is 1. The number of nitrogens with zero attached hydrogens (tertiary/aromatic N) is 3. The van der Waals surface area contributed by atoms with E-state index in [9.17, 15) is 5.11 Å². The van der Waals surface area contributed by atoms with Gasteiger partial charge in [0.25, 0.3) is 0 Å². The zero-order chi connectivity index (χ0) is 23.9. The van der Waals surface area contributed by atoms with Gasteiger partial charge >= 0.3 is 0 Å². The molecule has 0 saturated carbocycles. The highest BCUT2D eigenvalue weighted by atomic mass is 16.3. The quantitative estimate of drug-likeness (QED) is 0.382. The van der Waals surface area contributed by atoms with Crippen molar-refractivity contribution in [1.82, 2.24) is 14.8 Å². The summed E-state index contributed by atoms with van der Waals surface area (Å²) in [4.78, 5) is 6.27. The standard InChI is InChI=1S/C30H30N4O/c1-31-17-24(35)18-34-19-27(26-16-23(32-2)9-10-28(26)34)20-11-13-33(14-12-20)29-15-22-7-3-5-21-6-4-8-25(29)30(21)22/h3-11,16,19,24,29,31,35H,12-15,17-18H2,1H3/t24?,29-/m1/s1. The first-order valence-corrected chi connectivity index (χ1v) is 12.4. The van der Waals surface area contributed by atoms with Gasteiger partial charge in [0.1, 0.15) is 0 Å². The predicted molar refractivity (Wildman–Crippen MR) is 143 cm³/mol. The minimum atomic E-state index is -0.466. The first-order chi connectivity index (χ1) is 17.2. The number of fused-ring (bicyclic) bond motifs is 1. The number of hydrogen-bond acceptors (Lipinski definition) is 3. The van der Waals surface area contributed by atoms with Crippen LogP contribution in [0.4, 0.5) is 5.69 Å². The maximum Gasteiger partial charge on any atom is 0.188 e. The molecule has 4 aromatic rings. The largest absolute Gasteiger partial charge is 0.390 e. The van der Waals surface area contributed by atoms with Gasteiger partial charge in [0, 0.05) is 49.5 Å². The van der Waals surface area contributed by atoms with Crippen LogP contribution in [0, 0.1) is 6.57 Å². The highest BCUT2D eigenvalue weighted by molar-refractivity contribution is 5.95. The zero-order valence-electron chi connectivity index (χ0n) is 20.0. The van der Waals surface area contributed by atoms with Crippen LogP contribution in [-0.2, 0) is 13.0 Å². The topological polar surface area (TPSA) is 44.8 Å². The monoisotopic (exact) mass is 462 g/mol. The molecule has 0 radical (unpaired) electrons. The fourth-order valence-corrected chi connectivity index (χ4v) is 6.04. The number of aliphatic hydroxyl groups excluding tert-OH is 1. The number of rotatable bonds is 6. The van der Waals surface area contributed by atoms with Gasteiger partial charge in [-0.15, -0.1) is 0 Å². The Balaban J connectivity index is 1.31. The zero-order valence-corrected chi connectivity index (χ0v) is 20.0. The Morgan fingerprint density at radius 1 is 1.17 bits per heavy atom. The molecule has 1 unspecified atom stereocenters. The molecule has 1 aromatic heterocycles. The smallest absolute Gasteiger partial charge is 0.188 e. The number of benzene rings is 3. The third-order valence-electron chi connectivity index (χ3n) is 7.66. The normalized spacial score (nSPS) is 18.7. The van der Waals surface area contributed by atoms with Crippen molar-refractivity contribution in [3.8, 4) is 0 Å². The van der Waals surface area contributed by atoms with E-state index < -0.39 is 6.10 Å². The third kappa shape index (κ3) is 3.84. The molecule has 2 N–H and O–H groups in total. The summed E-state index contributed by atoms with van der Waals surface area (Å²) >= 11 is 0. The van der Waals surface area contributed by atoms with Crippen LogP contribution in [0.3, 0.4) is 0 Å². The first kappa shape index (κ1) is 22.1. The van der Waals surface area contributed by atoms with Gasteiger partial charge in [-0.1, -0.05) is 48.5 Å². The molecule has 6 rings (SSSR count). The Labute approximate surface area is 206 Å². The van der Waals surface area contributed by atoms with Gasteiger partial charge in [-0.2, -0.15) is 0 Å². The maximum atomic E-state index is 10.4. The van der Waals surface area contributed by atoms with Crippen LogP contribution < -0.4 is 5.32 Å². The van der Waals surface area contributed by atoms with E-state index in [0.717, 1.165) is 36.8 Å². The molecule has 1 aliphatic carbocycles. The first-order valence-electron chi connectivity index (χ1n) is 12.4. The van der Waals surface area contributed by atoms with Gasteiger partial charge < -0.3 is 15.0 Å². The molecule has 0 spiro atoms. The number of aliphatic hydroxyl groups is 1. The molecule has 0 amide bonds. The van der Waals surface area contributed by atoms with E-state index in [4.69, 9.17) is 6.57 Å². The molecule has 35 heavy (non-hydrogen) atoms. The summed E-state index contributed by atoms with van der Waals surface area (Å²) in [6.45, 7) is 10.5. The summed E-state index contributed by atoms with van der Waals surface area (Å²) in [5.41, 5.74) is 7.19. The second-order valence-electron chi connectivity index (χ2n) is 9.78. The lowest BCUT2D eigenvalue weighted by Crippen LogP contribution is -2.32. The van der Waals surface area contributed by atoms with Crippen molar-refractivity contribution in [2.75, 3.05) is 26.7 Å². The summed E-state index contributed by atoms with van der Waals surface area (Å²) < 4.78 is 2.14. The molecule has 2 atom stereocenters. The predicted octanol–water partition coefficient (Wildman–Crippen LogP) is 5.31. The molecule has 0 fully saturated rings. The van der Waals surface area contributed by atoms with E-state index in [-0.39, 0.29) is 0 Å². The third-order valence-corrected chi connectivity index (χ3v) is 7.66. The second-order valence-corrected chi connectivity index (χ2v) is 9.78. The van der Waals surface area contributed by atoms with Crippen LogP contribution in [0.15, 0.2) is 66.9 Å². The van der Waals surface area contributed by atoms with Crippen molar-refractivity contribution in [3.63, 3.8) is 0 Å². The molecule has 0 bridgehead atoms. The van der Waals surface area contributed by atoms with Gasteiger partial charge in [0.05, 0.1) is 12.7 Å². The van der Waals surface area contributed by atoms with Crippen molar-refractivity contribution >= 4 is 32.9 Å². The minimum absolute atomic E-state index is 0.431. The number of aromatic nitrogens is 1. The summed E-state index contributed by atoms with van der Waals surface area (Å²) in [6.07, 6.45) is 6.14. The fourth-order valence-electron chi connectivity index (χ4n) is 6.04. The average Bonchev–Trinajstić information content (AvgIpc) is 3.44. The maximum absolute atomic E-state index is 10.4. The molecule has 176 valence electrons. The Kier molecular flexibility index (Phi) is 5.66. The summed E-state index contributed by atoms with van der Waals surface area (Å²) in [5, 5.41) is 17.4. The van der Waals surface area contributed by atoms with E-state index in [1.54, 1.807) is 0 Å². The van der Waals surface area contributed by atoms with Crippen molar-refractivity contribution in [2.24, 2.45) is 0 Å². The summed E-state index contributed by atoms with van der Waals surface area (Å²) in [7, 11) is 1.85. The molecule has 2 heterocycles. The van der Waals surface area contributed by atoms with Gasteiger partial charge in [-0.3, -0.25) is 4.90 Å². The molecule has 0 saturated heterocycles. The highest BCUT2D eigenvalue weighted by Gasteiger charge is 2.30. The van der Waals surface area contributed by atoms with Gasteiger partial charge in [-0.05, 0) is 64.9 Å². The van der Waals surface area contributed by atoms with Crippen LogP contribution in [0.25, 0.3) is 32.1 Å². The van der Waals surface area contributed by atoms with E-state index in [1.807, 2.05) is 25.2 Å². The van der Waals surface area contributed by atoms with E-state index >= 15 is 0 Å². The van der Waals surface area contributed by atoms with Crippen LogP contribution in [0.1, 0.15) is 29.2 Å². The molecule has 1 aliphatic heterocycles.